The van der Waals surface area contributed by atoms with E-state index in [1.165, 1.54) is 12.4 Å². The second-order valence-electron chi connectivity index (χ2n) is 1.05. The van der Waals surface area contributed by atoms with Crippen LogP contribution in [0, 0.1) is 0 Å². The summed E-state index contributed by atoms with van der Waals surface area (Å²) in [6.45, 7) is 0. The number of aliphatic imine (C=N–C) groups is 1. The van der Waals surface area contributed by atoms with E-state index in [-0.39, 0.29) is 0 Å². The molecule has 2 nitrogen and oxygen atoms in total. The molecule has 36 valence electrons. The van der Waals surface area contributed by atoms with E-state index in [0.717, 1.165) is 0 Å². The fraction of sp³-hybridized carbons (Fsp3) is 0.250. The standard InChI is InChI=1S/C4H7BN2/c1-7-3-4(5)2-6/h2-3H,6H2,1H3/b4-2+,7-3?. The van der Waals surface area contributed by atoms with Crippen LogP contribution in [0.1, 0.15) is 0 Å². The highest BCUT2D eigenvalue weighted by molar-refractivity contribution is 6.32. The minimum absolute atomic E-state index is 0.488. The molecule has 0 rings (SSSR count). The molecule has 0 heterocycles. The first-order valence-electron chi connectivity index (χ1n) is 1.90. The van der Waals surface area contributed by atoms with Gasteiger partial charge in [0.05, 0.1) is 0 Å². The van der Waals surface area contributed by atoms with Crippen LogP contribution < -0.4 is 5.73 Å². The quantitative estimate of drug-likeness (QED) is 0.350. The Morgan fingerprint density at radius 3 is 2.57 bits per heavy atom. The van der Waals surface area contributed by atoms with Crippen molar-refractivity contribution < 1.29 is 0 Å². The van der Waals surface area contributed by atoms with Gasteiger partial charge < -0.3 is 5.73 Å². The molecule has 0 unspecified atom stereocenters. The summed E-state index contributed by atoms with van der Waals surface area (Å²) >= 11 is 0. The second-order valence-corrected chi connectivity index (χ2v) is 1.05. The van der Waals surface area contributed by atoms with Crippen LogP contribution in [-0.2, 0) is 0 Å². The molecule has 0 aliphatic carbocycles. The SMILES string of the molecule is [B]/C(C=NC)=C/N. The highest BCUT2D eigenvalue weighted by Crippen LogP contribution is 1.72. The van der Waals surface area contributed by atoms with Crippen molar-refractivity contribution >= 4 is 14.1 Å². The van der Waals surface area contributed by atoms with Gasteiger partial charge in [-0.05, 0) is 6.20 Å². The fourth-order valence-electron chi connectivity index (χ4n) is 0.192. The smallest absolute Gasteiger partial charge is 0.117 e. The molecule has 0 aromatic rings. The maximum Gasteiger partial charge on any atom is 0.117 e. The predicted molar refractivity (Wildman–Crippen MR) is 32.4 cm³/mol. The third-order valence-corrected chi connectivity index (χ3v) is 0.471. The van der Waals surface area contributed by atoms with E-state index in [9.17, 15) is 0 Å². The van der Waals surface area contributed by atoms with Crippen molar-refractivity contribution in [2.75, 3.05) is 7.05 Å². The maximum absolute atomic E-state index is 5.17. The average Bonchev–Trinajstić information content (AvgIpc) is 1.68. The third-order valence-electron chi connectivity index (χ3n) is 0.471. The van der Waals surface area contributed by atoms with Crippen LogP contribution in [0.15, 0.2) is 16.7 Å². The Bertz CT molecular complexity index is 95.9. The zero-order valence-corrected chi connectivity index (χ0v) is 4.26. The van der Waals surface area contributed by atoms with E-state index < -0.39 is 0 Å². The van der Waals surface area contributed by atoms with Gasteiger partial charge in [-0.2, -0.15) is 0 Å². The maximum atomic E-state index is 5.17. The van der Waals surface area contributed by atoms with Crippen molar-refractivity contribution in [3.8, 4) is 0 Å². The zero-order valence-electron chi connectivity index (χ0n) is 4.26. The summed E-state index contributed by atoms with van der Waals surface area (Å²) in [6, 6.07) is 0. The van der Waals surface area contributed by atoms with Gasteiger partial charge >= 0.3 is 0 Å². The molecule has 0 aliphatic rings. The van der Waals surface area contributed by atoms with Crippen molar-refractivity contribution in [2.24, 2.45) is 10.7 Å². The molecular formula is C4H7BN2. The van der Waals surface area contributed by atoms with E-state index in [2.05, 4.69) is 4.99 Å². The van der Waals surface area contributed by atoms with Gasteiger partial charge in [-0.3, -0.25) is 4.99 Å². The van der Waals surface area contributed by atoms with Crippen LogP contribution in [0.4, 0.5) is 0 Å². The molecule has 0 saturated heterocycles. The lowest BCUT2D eigenvalue weighted by molar-refractivity contribution is 1.47. The Morgan fingerprint density at radius 1 is 1.86 bits per heavy atom. The number of hydrogen-bond acceptors (Lipinski definition) is 2. The van der Waals surface area contributed by atoms with Crippen LogP contribution in [-0.4, -0.2) is 21.1 Å². The van der Waals surface area contributed by atoms with Crippen LogP contribution in [0.25, 0.3) is 0 Å². The Morgan fingerprint density at radius 2 is 2.43 bits per heavy atom. The molecule has 0 bridgehead atoms. The summed E-state index contributed by atoms with van der Waals surface area (Å²) in [7, 11) is 6.81. The number of nitrogens with two attached hydrogens (primary N) is 1. The van der Waals surface area contributed by atoms with Crippen LogP contribution in [0.3, 0.4) is 0 Å². The molecule has 3 heteroatoms. The Balaban J connectivity index is 3.58. The number of hydrogen-bond donors (Lipinski definition) is 1. The minimum atomic E-state index is 0.488. The summed E-state index contributed by atoms with van der Waals surface area (Å²) in [6.07, 6.45) is 2.78. The molecule has 2 N–H and O–H groups in total. The zero-order chi connectivity index (χ0) is 5.70. The van der Waals surface area contributed by atoms with Crippen LogP contribution in [0.2, 0.25) is 0 Å². The van der Waals surface area contributed by atoms with Gasteiger partial charge in [-0.25, -0.2) is 0 Å². The molecule has 2 radical (unpaired) electrons. The van der Waals surface area contributed by atoms with E-state index in [1.54, 1.807) is 7.05 Å². The molecule has 0 spiro atoms. The molecular weight excluding hydrogens is 86.9 g/mol. The lowest BCUT2D eigenvalue weighted by atomic mass is 9.99. The predicted octanol–water partition coefficient (Wildman–Crippen LogP) is -0.344. The highest BCUT2D eigenvalue weighted by Gasteiger charge is 1.71. The van der Waals surface area contributed by atoms with E-state index >= 15 is 0 Å². The van der Waals surface area contributed by atoms with Gasteiger partial charge in [0, 0.05) is 13.3 Å². The monoisotopic (exact) mass is 94.1 g/mol. The fourth-order valence-corrected chi connectivity index (χ4v) is 0.192. The van der Waals surface area contributed by atoms with Crippen molar-refractivity contribution in [3.05, 3.63) is 11.7 Å². The molecule has 0 fully saturated rings. The Kier molecular flexibility index (Phi) is 3.11. The molecule has 0 atom stereocenters. The summed E-state index contributed by atoms with van der Waals surface area (Å²) in [5.41, 5.74) is 5.47. The van der Waals surface area contributed by atoms with Crippen molar-refractivity contribution in [2.45, 2.75) is 0 Å². The van der Waals surface area contributed by atoms with Crippen LogP contribution >= 0.6 is 0 Å². The van der Waals surface area contributed by atoms with Gasteiger partial charge in [0.2, 0.25) is 0 Å². The largest absolute Gasteiger partial charge is 0.405 e. The van der Waals surface area contributed by atoms with Gasteiger partial charge in [0.15, 0.2) is 0 Å². The molecule has 7 heavy (non-hydrogen) atoms. The van der Waals surface area contributed by atoms with E-state index in [0.29, 0.717) is 5.47 Å². The summed E-state index contributed by atoms with van der Waals surface area (Å²) in [5.74, 6) is 0. The Labute approximate surface area is 44.5 Å². The first-order valence-corrected chi connectivity index (χ1v) is 1.90. The second kappa shape index (κ2) is 3.46. The van der Waals surface area contributed by atoms with Crippen molar-refractivity contribution in [1.29, 1.82) is 0 Å². The van der Waals surface area contributed by atoms with Gasteiger partial charge in [0.1, 0.15) is 7.85 Å². The molecule has 0 aromatic heterocycles. The average molecular weight is 93.9 g/mol. The summed E-state index contributed by atoms with van der Waals surface area (Å²) in [5, 5.41) is 0. The minimum Gasteiger partial charge on any atom is -0.405 e. The first-order chi connectivity index (χ1) is 3.31. The normalized spacial score (nSPS) is 13.0. The molecule has 0 aromatic carbocycles. The Hall–Kier alpha value is -0.725. The highest BCUT2D eigenvalue weighted by atomic mass is 14.6. The number of allylic oxidation sites excluding steroid dienone is 1. The van der Waals surface area contributed by atoms with Crippen molar-refractivity contribution in [3.63, 3.8) is 0 Å². The van der Waals surface area contributed by atoms with Crippen molar-refractivity contribution in [1.82, 2.24) is 0 Å². The topological polar surface area (TPSA) is 38.4 Å². The van der Waals surface area contributed by atoms with E-state index in [1.807, 2.05) is 0 Å². The lowest BCUT2D eigenvalue weighted by Crippen LogP contribution is -1.88. The third kappa shape index (κ3) is 3.10. The van der Waals surface area contributed by atoms with Gasteiger partial charge in [-0.1, -0.05) is 5.47 Å². The number of rotatable bonds is 1. The summed E-state index contributed by atoms with van der Waals surface area (Å²) < 4.78 is 0. The molecule has 0 aliphatic heterocycles. The van der Waals surface area contributed by atoms with Gasteiger partial charge in [-0.15, -0.1) is 0 Å². The van der Waals surface area contributed by atoms with Crippen LogP contribution in [0.5, 0.6) is 0 Å². The lowest BCUT2D eigenvalue weighted by Gasteiger charge is -1.81. The van der Waals surface area contributed by atoms with E-state index in [4.69, 9.17) is 13.6 Å². The molecule has 0 saturated carbocycles. The molecule has 0 amide bonds. The van der Waals surface area contributed by atoms with Gasteiger partial charge in [0.25, 0.3) is 0 Å². The summed E-state index contributed by atoms with van der Waals surface area (Å²) in [4.78, 5) is 3.61. The first kappa shape index (κ1) is 6.27. The number of nitrogens with zero attached hydrogens (tertiary/aromatic N) is 1.